The molecule has 0 saturated carbocycles. The molecule has 7 heteroatoms. The molecule has 6 nitrogen and oxygen atoms in total. The Morgan fingerprint density at radius 1 is 0.969 bits per heavy atom. The molecule has 0 aliphatic carbocycles. The molecule has 0 saturated heterocycles. The Morgan fingerprint density at radius 3 is 2.22 bits per heavy atom. The molecular weight excluding hydrogens is 413 g/mol. The quantitative estimate of drug-likeness (QED) is 0.541. The number of rotatable bonds is 6. The third-order valence-corrected chi connectivity index (χ3v) is 5.48. The Balaban J connectivity index is 1.53. The zero-order chi connectivity index (χ0) is 22.7. The van der Waals surface area contributed by atoms with Crippen LogP contribution in [0.15, 0.2) is 59.0 Å². The van der Waals surface area contributed by atoms with E-state index in [1.54, 1.807) is 50.5 Å². The largest absolute Gasteiger partial charge is 0.496 e. The predicted octanol–water partition coefficient (Wildman–Crippen LogP) is 5.04. The molecule has 4 rings (SSSR count). The lowest BCUT2D eigenvalue weighted by Crippen LogP contribution is -2.34. The van der Waals surface area contributed by atoms with Crippen LogP contribution >= 0.6 is 0 Å². The monoisotopic (exact) mass is 437 g/mol. The number of carbonyl (C=O) groups is 1. The van der Waals surface area contributed by atoms with Gasteiger partial charge in [0.05, 0.1) is 26.9 Å². The van der Waals surface area contributed by atoms with E-state index in [1.165, 1.54) is 12.1 Å². The molecular formula is C25H24FNO5. The zero-order valence-corrected chi connectivity index (χ0v) is 18.2. The highest BCUT2D eigenvalue weighted by molar-refractivity contribution is 5.93. The molecule has 0 radical (unpaired) electrons. The van der Waals surface area contributed by atoms with Crippen molar-refractivity contribution in [2.45, 2.75) is 6.42 Å². The van der Waals surface area contributed by atoms with Crippen LogP contribution in [0.4, 0.5) is 4.39 Å². The van der Waals surface area contributed by atoms with Crippen LogP contribution in [-0.2, 0) is 0 Å². The molecule has 0 atom stereocenters. The SMILES string of the molecule is COc1cc(OC)c(C2=CCN(C(=O)c3ccc(-c4ccc(F)cc4)o3)CC2)c(OC)c1. The number of halogens is 1. The lowest BCUT2D eigenvalue weighted by Gasteiger charge is -2.27. The molecule has 0 bridgehead atoms. The minimum atomic E-state index is -0.322. The Labute approximate surface area is 185 Å². The molecule has 2 heterocycles. The average Bonchev–Trinajstić information content (AvgIpc) is 3.33. The van der Waals surface area contributed by atoms with Gasteiger partial charge in [-0.3, -0.25) is 4.79 Å². The standard InChI is InChI=1S/C25H24FNO5/c1-29-19-14-22(30-2)24(23(15-19)31-3)17-10-12-27(13-11-17)25(28)21-9-8-20(32-21)16-4-6-18(26)7-5-16/h4-10,14-15H,11-13H2,1-3H3. The number of carbonyl (C=O) groups excluding carboxylic acids is 1. The van der Waals surface area contributed by atoms with Gasteiger partial charge in [-0.15, -0.1) is 0 Å². The van der Waals surface area contributed by atoms with Gasteiger partial charge in [0.2, 0.25) is 0 Å². The Hall–Kier alpha value is -3.74. The highest BCUT2D eigenvalue weighted by Gasteiger charge is 2.25. The van der Waals surface area contributed by atoms with Crippen molar-refractivity contribution < 1.29 is 27.8 Å². The first-order valence-corrected chi connectivity index (χ1v) is 10.2. The summed E-state index contributed by atoms with van der Waals surface area (Å²) in [5.74, 6) is 2.21. The molecule has 1 aliphatic rings. The van der Waals surface area contributed by atoms with Gasteiger partial charge in [0, 0.05) is 30.8 Å². The van der Waals surface area contributed by atoms with Crippen molar-refractivity contribution in [2.24, 2.45) is 0 Å². The topological polar surface area (TPSA) is 61.1 Å². The summed E-state index contributed by atoms with van der Waals surface area (Å²) in [6, 6.07) is 13.0. The van der Waals surface area contributed by atoms with E-state index >= 15 is 0 Å². The minimum Gasteiger partial charge on any atom is -0.496 e. The average molecular weight is 437 g/mol. The van der Waals surface area contributed by atoms with E-state index in [-0.39, 0.29) is 17.5 Å². The second-order valence-corrected chi connectivity index (χ2v) is 7.31. The number of methoxy groups -OCH3 is 3. The summed E-state index contributed by atoms with van der Waals surface area (Å²) < 4.78 is 35.3. The van der Waals surface area contributed by atoms with E-state index < -0.39 is 0 Å². The molecule has 0 spiro atoms. The lowest BCUT2D eigenvalue weighted by molar-refractivity contribution is 0.0742. The third kappa shape index (κ3) is 4.19. The number of hydrogen-bond acceptors (Lipinski definition) is 5. The summed E-state index contributed by atoms with van der Waals surface area (Å²) in [7, 11) is 4.80. The van der Waals surface area contributed by atoms with Crippen molar-refractivity contribution in [2.75, 3.05) is 34.4 Å². The van der Waals surface area contributed by atoms with Gasteiger partial charge in [0.25, 0.3) is 5.91 Å². The number of amides is 1. The second kappa shape index (κ2) is 9.18. The van der Waals surface area contributed by atoms with Crippen LogP contribution < -0.4 is 14.2 Å². The molecule has 166 valence electrons. The highest BCUT2D eigenvalue weighted by Crippen LogP contribution is 2.41. The van der Waals surface area contributed by atoms with E-state index in [0.717, 1.165) is 11.1 Å². The molecule has 0 unspecified atom stereocenters. The zero-order valence-electron chi connectivity index (χ0n) is 18.2. The summed E-state index contributed by atoms with van der Waals surface area (Å²) in [5.41, 5.74) is 2.61. The van der Waals surface area contributed by atoms with Crippen LogP contribution in [0.5, 0.6) is 17.2 Å². The van der Waals surface area contributed by atoms with Gasteiger partial charge in [0.1, 0.15) is 28.8 Å². The molecule has 2 aromatic carbocycles. The van der Waals surface area contributed by atoms with Crippen LogP contribution in [0.3, 0.4) is 0 Å². The van der Waals surface area contributed by atoms with Crippen LogP contribution in [0.1, 0.15) is 22.5 Å². The van der Waals surface area contributed by atoms with Crippen LogP contribution in [0, 0.1) is 5.82 Å². The summed E-state index contributed by atoms with van der Waals surface area (Å²) in [6.45, 7) is 0.953. The van der Waals surface area contributed by atoms with Gasteiger partial charge in [-0.25, -0.2) is 4.39 Å². The van der Waals surface area contributed by atoms with Gasteiger partial charge in [-0.05, 0) is 48.4 Å². The first-order valence-electron chi connectivity index (χ1n) is 10.2. The van der Waals surface area contributed by atoms with Crippen molar-refractivity contribution in [1.29, 1.82) is 0 Å². The maximum atomic E-state index is 13.1. The molecule has 1 aromatic heterocycles. The van der Waals surface area contributed by atoms with Gasteiger partial charge in [-0.2, -0.15) is 0 Å². The van der Waals surface area contributed by atoms with Crippen LogP contribution in [-0.4, -0.2) is 45.2 Å². The van der Waals surface area contributed by atoms with Crippen molar-refractivity contribution in [3.63, 3.8) is 0 Å². The number of nitrogens with zero attached hydrogens (tertiary/aromatic N) is 1. The van der Waals surface area contributed by atoms with Crippen molar-refractivity contribution in [3.05, 3.63) is 71.7 Å². The van der Waals surface area contributed by atoms with Crippen molar-refractivity contribution in [1.82, 2.24) is 4.90 Å². The number of benzene rings is 2. The maximum Gasteiger partial charge on any atom is 0.289 e. The van der Waals surface area contributed by atoms with Gasteiger partial charge >= 0.3 is 0 Å². The summed E-state index contributed by atoms with van der Waals surface area (Å²) >= 11 is 0. The number of furan rings is 1. The molecule has 0 fully saturated rings. The minimum absolute atomic E-state index is 0.192. The first-order chi connectivity index (χ1) is 15.5. The molecule has 1 aliphatic heterocycles. The van der Waals surface area contributed by atoms with E-state index in [0.29, 0.717) is 48.1 Å². The third-order valence-electron chi connectivity index (χ3n) is 5.48. The van der Waals surface area contributed by atoms with E-state index in [4.69, 9.17) is 18.6 Å². The Kier molecular flexibility index (Phi) is 6.16. The van der Waals surface area contributed by atoms with E-state index in [9.17, 15) is 9.18 Å². The van der Waals surface area contributed by atoms with Gasteiger partial charge < -0.3 is 23.5 Å². The normalized spacial score (nSPS) is 13.5. The number of hydrogen-bond donors (Lipinski definition) is 0. The summed E-state index contributed by atoms with van der Waals surface area (Å²) in [6.07, 6.45) is 2.63. The smallest absolute Gasteiger partial charge is 0.289 e. The van der Waals surface area contributed by atoms with Crippen molar-refractivity contribution >= 4 is 11.5 Å². The van der Waals surface area contributed by atoms with E-state index in [2.05, 4.69) is 0 Å². The van der Waals surface area contributed by atoms with Gasteiger partial charge in [-0.1, -0.05) is 6.08 Å². The Morgan fingerprint density at radius 2 is 1.66 bits per heavy atom. The molecule has 1 amide bonds. The first kappa shape index (κ1) is 21.5. The van der Waals surface area contributed by atoms with E-state index in [1.807, 2.05) is 18.2 Å². The van der Waals surface area contributed by atoms with Gasteiger partial charge in [0.15, 0.2) is 5.76 Å². The number of ether oxygens (including phenoxy) is 3. The predicted molar refractivity (Wildman–Crippen MR) is 119 cm³/mol. The lowest BCUT2D eigenvalue weighted by atomic mass is 9.97. The molecule has 3 aromatic rings. The second-order valence-electron chi connectivity index (χ2n) is 7.31. The van der Waals surface area contributed by atoms with Crippen LogP contribution in [0.25, 0.3) is 16.9 Å². The summed E-state index contributed by atoms with van der Waals surface area (Å²) in [5, 5.41) is 0. The summed E-state index contributed by atoms with van der Waals surface area (Å²) in [4.78, 5) is 14.7. The maximum absolute atomic E-state index is 13.1. The van der Waals surface area contributed by atoms with Crippen LogP contribution in [0.2, 0.25) is 0 Å². The molecule has 0 N–H and O–H groups in total. The Bertz CT molecular complexity index is 1120. The fourth-order valence-corrected chi connectivity index (χ4v) is 3.78. The highest BCUT2D eigenvalue weighted by atomic mass is 19.1. The molecule has 32 heavy (non-hydrogen) atoms. The van der Waals surface area contributed by atoms with Crippen molar-refractivity contribution in [3.8, 4) is 28.6 Å². The fourth-order valence-electron chi connectivity index (χ4n) is 3.78. The fraction of sp³-hybridized carbons (Fsp3) is 0.240.